The number of hydrogen-bond acceptors (Lipinski definition) is 9. The average molecular weight is 616 g/mol. The van der Waals surface area contributed by atoms with Crippen LogP contribution in [0, 0.1) is 0 Å². The van der Waals surface area contributed by atoms with Crippen LogP contribution < -0.4 is 16.0 Å². The standard InChI is InChI=1S/C34H29N7O5/c1-19-12-13-25(33(43)37-19)41-20(2)31-23(34(41)44)9-5-10-24(31)36-18-30-40-39-29(46-30)16-28(42)38-32(22-8-6-14-35-17-22)27-15-21-7-3-4-11-26(21)45-27/h3-11,14-15,17,25,32,36H,1-2,12-13,16,18H2,(H,37,43)(H,38,42). The van der Waals surface area contributed by atoms with Crippen LogP contribution in [0.5, 0.6) is 0 Å². The Morgan fingerprint density at radius 3 is 2.70 bits per heavy atom. The van der Waals surface area contributed by atoms with E-state index in [-0.39, 0.29) is 42.5 Å². The second-order valence-electron chi connectivity index (χ2n) is 11.1. The van der Waals surface area contributed by atoms with E-state index in [1.165, 1.54) is 4.90 Å². The van der Waals surface area contributed by atoms with Gasteiger partial charge in [0.2, 0.25) is 23.6 Å². The zero-order valence-electron chi connectivity index (χ0n) is 24.7. The van der Waals surface area contributed by atoms with Crippen molar-refractivity contribution in [2.75, 3.05) is 5.32 Å². The van der Waals surface area contributed by atoms with Crippen molar-refractivity contribution in [3.8, 4) is 0 Å². The highest BCUT2D eigenvalue weighted by Gasteiger charge is 2.41. The number of para-hydroxylation sites is 1. The number of carbonyl (C=O) groups is 3. The molecule has 0 radical (unpaired) electrons. The number of nitrogens with zero attached hydrogens (tertiary/aromatic N) is 4. The summed E-state index contributed by atoms with van der Waals surface area (Å²) in [5.74, 6) is 0.0517. The van der Waals surface area contributed by atoms with Crippen molar-refractivity contribution in [3.63, 3.8) is 0 Å². The third-order valence-corrected chi connectivity index (χ3v) is 8.03. The summed E-state index contributed by atoms with van der Waals surface area (Å²) in [6.45, 7) is 8.09. The molecule has 2 aliphatic rings. The van der Waals surface area contributed by atoms with Gasteiger partial charge in [0.05, 0.1) is 12.1 Å². The predicted octanol–water partition coefficient (Wildman–Crippen LogP) is 4.49. The lowest BCUT2D eigenvalue weighted by Gasteiger charge is -2.31. The normalized spacial score (nSPS) is 16.8. The second-order valence-corrected chi connectivity index (χ2v) is 11.1. The number of nitrogens with one attached hydrogen (secondary N) is 3. The fraction of sp³-hybridized carbons (Fsp3) is 0.176. The zero-order chi connectivity index (χ0) is 31.8. The minimum absolute atomic E-state index is 0.133. The van der Waals surface area contributed by atoms with Crippen molar-refractivity contribution in [2.24, 2.45) is 0 Å². The Morgan fingerprint density at radius 1 is 1.04 bits per heavy atom. The molecule has 230 valence electrons. The molecule has 12 heteroatoms. The summed E-state index contributed by atoms with van der Waals surface area (Å²) in [5, 5.41) is 18.1. The monoisotopic (exact) mass is 615 g/mol. The van der Waals surface area contributed by atoms with Crippen LogP contribution >= 0.6 is 0 Å². The van der Waals surface area contributed by atoms with Crippen molar-refractivity contribution in [2.45, 2.75) is 37.9 Å². The van der Waals surface area contributed by atoms with E-state index in [4.69, 9.17) is 8.83 Å². The molecule has 5 aromatic rings. The van der Waals surface area contributed by atoms with Crippen LogP contribution in [0.2, 0.25) is 0 Å². The highest BCUT2D eigenvalue weighted by atomic mass is 16.4. The Kier molecular flexibility index (Phi) is 7.37. The number of aromatic nitrogens is 3. The number of allylic oxidation sites excluding steroid dienone is 1. The molecule has 7 rings (SSSR count). The number of fused-ring (bicyclic) bond motifs is 2. The molecular weight excluding hydrogens is 586 g/mol. The number of carbonyl (C=O) groups excluding carboxylic acids is 3. The first-order valence-electron chi connectivity index (χ1n) is 14.7. The van der Waals surface area contributed by atoms with Crippen LogP contribution in [0.4, 0.5) is 5.69 Å². The molecule has 46 heavy (non-hydrogen) atoms. The lowest BCUT2D eigenvalue weighted by molar-refractivity contribution is -0.125. The summed E-state index contributed by atoms with van der Waals surface area (Å²) in [5.41, 5.74) is 4.22. The molecule has 3 N–H and O–H groups in total. The molecule has 0 spiro atoms. The smallest absolute Gasteiger partial charge is 0.259 e. The van der Waals surface area contributed by atoms with E-state index < -0.39 is 12.1 Å². The minimum atomic E-state index is -0.667. The van der Waals surface area contributed by atoms with E-state index in [1.54, 1.807) is 30.6 Å². The summed E-state index contributed by atoms with van der Waals surface area (Å²) < 4.78 is 11.8. The van der Waals surface area contributed by atoms with Gasteiger partial charge in [-0.2, -0.15) is 0 Å². The van der Waals surface area contributed by atoms with E-state index in [2.05, 4.69) is 44.3 Å². The van der Waals surface area contributed by atoms with Gasteiger partial charge in [-0.05, 0) is 43.2 Å². The largest absolute Gasteiger partial charge is 0.459 e. The van der Waals surface area contributed by atoms with Crippen LogP contribution in [-0.4, -0.2) is 43.8 Å². The number of anilines is 1. The van der Waals surface area contributed by atoms with Gasteiger partial charge in [0.1, 0.15) is 29.8 Å². The number of piperidine rings is 1. The second kappa shape index (κ2) is 11.8. The zero-order valence-corrected chi connectivity index (χ0v) is 24.7. The summed E-state index contributed by atoms with van der Waals surface area (Å²) in [4.78, 5) is 44.8. The van der Waals surface area contributed by atoms with Crippen molar-refractivity contribution >= 4 is 40.1 Å². The van der Waals surface area contributed by atoms with Gasteiger partial charge in [0.15, 0.2) is 0 Å². The van der Waals surface area contributed by atoms with Crippen LogP contribution in [0.3, 0.4) is 0 Å². The SMILES string of the molecule is C=C1CCC(N2C(=C)c3c(NCc4nnc(CC(=O)NC(c5cccnc5)c5cc6ccccc6o5)o4)cccc3C2=O)C(=O)N1. The number of hydrogen-bond donors (Lipinski definition) is 3. The van der Waals surface area contributed by atoms with Gasteiger partial charge < -0.3 is 24.8 Å². The highest BCUT2D eigenvalue weighted by Crippen LogP contribution is 2.39. The molecule has 1 saturated heterocycles. The number of furan rings is 1. The number of benzene rings is 2. The molecule has 2 aliphatic heterocycles. The molecule has 5 heterocycles. The summed E-state index contributed by atoms with van der Waals surface area (Å²) >= 11 is 0. The molecule has 2 aromatic carbocycles. The van der Waals surface area contributed by atoms with Gasteiger partial charge in [0.25, 0.3) is 5.91 Å². The lowest BCUT2D eigenvalue weighted by Crippen LogP contribution is -2.49. The Bertz CT molecular complexity index is 1980. The molecular formula is C34H29N7O5. The maximum absolute atomic E-state index is 13.3. The lowest BCUT2D eigenvalue weighted by atomic mass is 10.0. The Labute approximate surface area is 263 Å². The Hall–Kier alpha value is -6.04. The molecule has 3 amide bonds. The quantitative estimate of drug-likeness (QED) is 0.217. The summed E-state index contributed by atoms with van der Waals surface area (Å²) in [6, 6.07) is 17.2. The maximum Gasteiger partial charge on any atom is 0.259 e. The molecule has 2 atom stereocenters. The van der Waals surface area contributed by atoms with Crippen LogP contribution in [0.15, 0.2) is 101 Å². The maximum atomic E-state index is 13.3. The first-order chi connectivity index (χ1) is 22.4. The van der Waals surface area contributed by atoms with E-state index >= 15 is 0 Å². The van der Waals surface area contributed by atoms with Crippen molar-refractivity contribution < 1.29 is 23.2 Å². The van der Waals surface area contributed by atoms with Gasteiger partial charge in [-0.25, -0.2) is 0 Å². The van der Waals surface area contributed by atoms with Gasteiger partial charge in [-0.15, -0.1) is 10.2 Å². The number of rotatable bonds is 9. The summed E-state index contributed by atoms with van der Waals surface area (Å²) in [6.07, 6.45) is 4.23. The van der Waals surface area contributed by atoms with Crippen molar-refractivity contribution in [3.05, 3.63) is 126 Å². The number of amides is 3. The van der Waals surface area contributed by atoms with Crippen LogP contribution in [0.1, 0.15) is 57.9 Å². The Morgan fingerprint density at radius 2 is 1.89 bits per heavy atom. The van der Waals surface area contributed by atoms with Crippen LogP contribution in [-0.2, 0) is 22.6 Å². The van der Waals surface area contributed by atoms with E-state index in [1.807, 2.05) is 42.5 Å². The first-order valence-corrected chi connectivity index (χ1v) is 14.7. The minimum Gasteiger partial charge on any atom is -0.459 e. The van der Waals surface area contributed by atoms with Gasteiger partial charge in [-0.3, -0.25) is 24.3 Å². The predicted molar refractivity (Wildman–Crippen MR) is 168 cm³/mol. The van der Waals surface area contributed by atoms with Gasteiger partial charge in [0, 0.05) is 46.0 Å². The first kappa shape index (κ1) is 28.7. The van der Waals surface area contributed by atoms with Crippen LogP contribution in [0.25, 0.3) is 16.7 Å². The Balaban J connectivity index is 1.03. The molecule has 2 unspecified atom stereocenters. The average Bonchev–Trinajstić information content (AvgIpc) is 3.76. The molecule has 0 bridgehead atoms. The van der Waals surface area contributed by atoms with E-state index in [9.17, 15) is 14.4 Å². The van der Waals surface area contributed by atoms with Gasteiger partial charge >= 0.3 is 0 Å². The number of pyridine rings is 1. The fourth-order valence-corrected chi connectivity index (χ4v) is 5.86. The molecule has 0 saturated carbocycles. The molecule has 12 nitrogen and oxygen atoms in total. The molecule has 1 fully saturated rings. The van der Waals surface area contributed by atoms with Crippen molar-refractivity contribution in [1.29, 1.82) is 0 Å². The third-order valence-electron chi connectivity index (χ3n) is 8.03. The third kappa shape index (κ3) is 5.40. The molecule has 3 aromatic heterocycles. The fourth-order valence-electron chi connectivity index (χ4n) is 5.86. The topological polar surface area (TPSA) is 155 Å². The summed E-state index contributed by atoms with van der Waals surface area (Å²) in [7, 11) is 0. The highest BCUT2D eigenvalue weighted by molar-refractivity contribution is 6.13. The van der Waals surface area contributed by atoms with Crippen molar-refractivity contribution in [1.82, 2.24) is 30.7 Å². The molecule has 0 aliphatic carbocycles. The van der Waals surface area contributed by atoms with E-state index in [0.29, 0.717) is 52.4 Å². The van der Waals surface area contributed by atoms with E-state index in [0.717, 1.165) is 10.9 Å². The van der Waals surface area contributed by atoms with Gasteiger partial charge in [-0.1, -0.05) is 43.5 Å².